The Kier molecular flexibility index (Phi) is 5.41. The van der Waals surface area contributed by atoms with Gasteiger partial charge in [-0.25, -0.2) is 17.9 Å². The summed E-state index contributed by atoms with van der Waals surface area (Å²) in [7, 11) is -4.10. The number of anilines is 1. The number of rotatable bonds is 5. The molecule has 1 aromatic heterocycles. The monoisotopic (exact) mass is 407 g/mol. The Morgan fingerprint density at radius 3 is 2.59 bits per heavy atom. The van der Waals surface area contributed by atoms with Gasteiger partial charge in [-0.3, -0.25) is 9.78 Å². The molecule has 0 aliphatic heterocycles. The van der Waals surface area contributed by atoms with Crippen molar-refractivity contribution >= 4 is 44.0 Å². The number of hydrogen-bond acceptors (Lipinski definition) is 4. The van der Waals surface area contributed by atoms with Crippen LogP contribution in [0.2, 0.25) is 5.02 Å². The molecule has 0 saturated carbocycles. The van der Waals surface area contributed by atoms with Crippen LogP contribution < -0.4 is 10.5 Å². The van der Waals surface area contributed by atoms with Gasteiger partial charge in [0.25, 0.3) is 0 Å². The Morgan fingerprint density at radius 2 is 1.93 bits per heavy atom. The number of primary sulfonamides is 1. The van der Waals surface area contributed by atoms with E-state index in [0.717, 1.165) is 0 Å². The molecular formula is C18H15ClFN3O3S. The lowest BCUT2D eigenvalue weighted by Gasteiger charge is -2.12. The van der Waals surface area contributed by atoms with E-state index in [1.165, 1.54) is 24.4 Å². The van der Waals surface area contributed by atoms with Crippen LogP contribution in [-0.4, -0.2) is 19.3 Å². The van der Waals surface area contributed by atoms with Gasteiger partial charge < -0.3 is 5.32 Å². The second-order valence-corrected chi connectivity index (χ2v) is 7.76. The second-order valence-electron chi connectivity index (χ2n) is 5.82. The van der Waals surface area contributed by atoms with E-state index in [0.29, 0.717) is 10.6 Å². The highest BCUT2D eigenvalue weighted by Gasteiger charge is 2.17. The van der Waals surface area contributed by atoms with Crippen molar-refractivity contribution in [3.8, 4) is 0 Å². The fraction of sp³-hybridized carbons (Fsp3) is 0.111. The van der Waals surface area contributed by atoms with Crippen LogP contribution in [0.4, 0.5) is 10.1 Å². The Hall–Kier alpha value is -2.55. The molecule has 0 atom stereocenters. The van der Waals surface area contributed by atoms with Crippen LogP contribution in [0.25, 0.3) is 10.8 Å². The van der Waals surface area contributed by atoms with Crippen molar-refractivity contribution in [3.05, 3.63) is 64.9 Å². The summed E-state index contributed by atoms with van der Waals surface area (Å²) in [5, 5.41) is 8.84. The van der Waals surface area contributed by atoms with Crippen molar-refractivity contribution in [1.29, 1.82) is 0 Å². The minimum Gasteiger partial charge on any atom is -0.326 e. The molecule has 0 radical (unpaired) electrons. The highest BCUT2D eigenvalue weighted by atomic mass is 35.5. The number of nitrogens with two attached hydrogens (primary N) is 1. The van der Waals surface area contributed by atoms with Gasteiger partial charge in [-0.1, -0.05) is 29.8 Å². The lowest BCUT2D eigenvalue weighted by atomic mass is 10.1. The Balaban J connectivity index is 2.02. The molecule has 0 unspecified atom stereocenters. The maximum Gasteiger partial charge on any atom is 0.238 e. The van der Waals surface area contributed by atoms with Crippen molar-refractivity contribution in [3.63, 3.8) is 0 Å². The van der Waals surface area contributed by atoms with Crippen molar-refractivity contribution in [2.75, 3.05) is 5.32 Å². The summed E-state index contributed by atoms with van der Waals surface area (Å²) >= 11 is 6.05. The fourth-order valence-corrected chi connectivity index (χ4v) is 3.72. The van der Waals surface area contributed by atoms with E-state index in [1.807, 2.05) is 0 Å². The molecule has 1 amide bonds. The third-order valence-corrected chi connectivity index (χ3v) is 5.27. The first-order valence-corrected chi connectivity index (χ1v) is 9.75. The molecule has 1 heterocycles. The maximum absolute atomic E-state index is 13.3. The van der Waals surface area contributed by atoms with E-state index in [2.05, 4.69) is 10.3 Å². The number of nitrogens with zero attached hydrogens (tertiary/aromatic N) is 1. The fourth-order valence-electron chi connectivity index (χ4n) is 2.74. The summed E-state index contributed by atoms with van der Waals surface area (Å²) in [6, 6.07) is 11.0. The molecule has 0 aliphatic rings. The largest absolute Gasteiger partial charge is 0.326 e. The molecule has 2 aromatic carbocycles. The van der Waals surface area contributed by atoms with Crippen LogP contribution in [0.15, 0.2) is 53.6 Å². The first-order chi connectivity index (χ1) is 12.8. The number of alkyl halides is 1. The molecule has 3 rings (SSSR count). The second kappa shape index (κ2) is 7.59. The van der Waals surface area contributed by atoms with Crippen molar-refractivity contribution in [2.45, 2.75) is 18.0 Å². The number of nitrogens with one attached hydrogen (secondary N) is 1. The zero-order valence-electron chi connectivity index (χ0n) is 13.9. The maximum atomic E-state index is 13.3. The lowest BCUT2D eigenvalue weighted by Crippen LogP contribution is -2.17. The summed E-state index contributed by atoms with van der Waals surface area (Å²) in [5.74, 6) is -0.409. The number of fused-ring (bicyclic) bond motifs is 1. The third kappa shape index (κ3) is 4.24. The zero-order valence-corrected chi connectivity index (χ0v) is 15.5. The van der Waals surface area contributed by atoms with Crippen LogP contribution in [-0.2, 0) is 27.9 Å². The van der Waals surface area contributed by atoms with Crippen LogP contribution in [0.3, 0.4) is 0 Å². The summed E-state index contributed by atoms with van der Waals surface area (Å²) in [6.45, 7) is -0.890. The third-order valence-electron chi connectivity index (χ3n) is 3.95. The highest BCUT2D eigenvalue weighted by molar-refractivity contribution is 7.89. The first-order valence-electron chi connectivity index (χ1n) is 7.83. The summed E-state index contributed by atoms with van der Waals surface area (Å²) < 4.78 is 37.2. The molecule has 0 bridgehead atoms. The SMILES string of the molecule is NS(=O)(=O)c1cc(NC(=O)Cc2ccccc2Cl)cc2c(CF)nccc12. The number of hydrogen-bond donors (Lipinski definition) is 2. The Morgan fingerprint density at radius 1 is 1.19 bits per heavy atom. The molecule has 0 saturated heterocycles. The van der Waals surface area contributed by atoms with Gasteiger partial charge in [0, 0.05) is 27.7 Å². The number of carbonyl (C=O) groups excluding carboxylic acids is 1. The van der Waals surface area contributed by atoms with Crippen LogP contribution in [0.1, 0.15) is 11.3 Å². The van der Waals surface area contributed by atoms with Gasteiger partial charge in [-0.15, -0.1) is 0 Å². The van der Waals surface area contributed by atoms with Gasteiger partial charge in [0.2, 0.25) is 15.9 Å². The molecule has 0 fully saturated rings. The van der Waals surface area contributed by atoms with E-state index < -0.39 is 22.6 Å². The molecule has 3 N–H and O–H groups in total. The van der Waals surface area contributed by atoms with Crippen molar-refractivity contribution in [2.24, 2.45) is 5.14 Å². The summed E-state index contributed by atoms with van der Waals surface area (Å²) in [5.41, 5.74) is 0.848. The van der Waals surface area contributed by atoms with Crippen molar-refractivity contribution in [1.82, 2.24) is 4.98 Å². The van der Waals surface area contributed by atoms with E-state index in [4.69, 9.17) is 16.7 Å². The number of sulfonamides is 1. The molecule has 0 spiro atoms. The topological polar surface area (TPSA) is 102 Å². The van der Waals surface area contributed by atoms with Crippen molar-refractivity contribution < 1.29 is 17.6 Å². The van der Waals surface area contributed by atoms with Gasteiger partial charge in [-0.05, 0) is 29.8 Å². The predicted octanol–water partition coefficient (Wildman–Crippen LogP) is 3.19. The van der Waals surface area contributed by atoms with E-state index in [-0.39, 0.29) is 33.5 Å². The average Bonchev–Trinajstić information content (AvgIpc) is 2.61. The predicted molar refractivity (Wildman–Crippen MR) is 102 cm³/mol. The van der Waals surface area contributed by atoms with Gasteiger partial charge in [0.15, 0.2) is 0 Å². The highest BCUT2D eigenvalue weighted by Crippen LogP contribution is 2.29. The number of amides is 1. The average molecular weight is 408 g/mol. The molecule has 0 aliphatic carbocycles. The smallest absolute Gasteiger partial charge is 0.238 e. The summed E-state index contributed by atoms with van der Waals surface area (Å²) in [6.07, 6.45) is 1.30. The molecule has 6 nitrogen and oxygen atoms in total. The quantitative estimate of drug-likeness (QED) is 0.678. The van der Waals surface area contributed by atoms with Crippen LogP contribution >= 0.6 is 11.6 Å². The van der Waals surface area contributed by atoms with Gasteiger partial charge in [-0.2, -0.15) is 0 Å². The van der Waals surface area contributed by atoms with Crippen LogP contribution in [0, 0.1) is 0 Å². The molecule has 3 aromatic rings. The number of pyridine rings is 1. The van der Waals surface area contributed by atoms with E-state index in [9.17, 15) is 17.6 Å². The summed E-state index contributed by atoms with van der Waals surface area (Å²) in [4.78, 5) is 16.0. The number of carbonyl (C=O) groups is 1. The van der Waals surface area contributed by atoms with Gasteiger partial charge in [0.1, 0.15) is 6.67 Å². The zero-order chi connectivity index (χ0) is 19.6. The Labute approximate surface area is 160 Å². The molecule has 9 heteroatoms. The van der Waals surface area contributed by atoms with Gasteiger partial charge in [0.05, 0.1) is 17.0 Å². The number of halogens is 2. The molecule has 140 valence electrons. The minimum absolute atomic E-state index is 0.00851. The normalized spacial score (nSPS) is 11.5. The standard InChI is InChI=1S/C18H15ClFN3O3S/c19-15-4-2-1-3-11(15)7-18(24)23-12-8-14-13(5-6-22-16(14)10-20)17(9-12)27(21,25)26/h1-6,8-9H,7,10H2,(H,23,24)(H2,21,25,26). The first kappa shape index (κ1) is 19.2. The number of aromatic nitrogens is 1. The number of benzene rings is 2. The molecular weight excluding hydrogens is 393 g/mol. The van der Waals surface area contributed by atoms with Gasteiger partial charge >= 0.3 is 0 Å². The lowest BCUT2D eigenvalue weighted by molar-refractivity contribution is -0.115. The van der Waals surface area contributed by atoms with E-state index in [1.54, 1.807) is 24.3 Å². The minimum atomic E-state index is -4.10. The van der Waals surface area contributed by atoms with Crippen LogP contribution in [0.5, 0.6) is 0 Å². The Bertz CT molecular complexity index is 1140. The molecule has 27 heavy (non-hydrogen) atoms. The van der Waals surface area contributed by atoms with E-state index >= 15 is 0 Å².